The van der Waals surface area contributed by atoms with Crippen LogP contribution in [0.15, 0.2) is 0 Å². The van der Waals surface area contributed by atoms with Gasteiger partial charge in [-0.1, -0.05) is 13.8 Å². The Morgan fingerprint density at radius 2 is 1.10 bits per heavy atom. The first-order chi connectivity index (χ1) is 4.91. The van der Waals surface area contributed by atoms with E-state index >= 15 is 0 Å². The molecule has 0 spiro atoms. The number of quaternary nitrogens is 2. The van der Waals surface area contributed by atoms with Gasteiger partial charge < -0.3 is 10.6 Å². The largest absolute Gasteiger partial charge is 0.342 e. The summed E-state index contributed by atoms with van der Waals surface area (Å²) in [6.07, 6.45) is 2.60. The molecule has 0 bridgehead atoms. The lowest BCUT2D eigenvalue weighted by Crippen LogP contribution is -2.94. The van der Waals surface area contributed by atoms with Crippen LogP contribution in [-0.2, 0) is 0 Å². The zero-order valence-electron chi connectivity index (χ0n) is 7.40. The van der Waals surface area contributed by atoms with Crippen molar-refractivity contribution in [3.05, 3.63) is 0 Å². The third kappa shape index (κ3) is 7.92. The Labute approximate surface area is 64.4 Å². The molecule has 62 valence electrons. The number of hydrogen-bond acceptors (Lipinski definition) is 0. The average molecular weight is 146 g/mol. The summed E-state index contributed by atoms with van der Waals surface area (Å²) in [7, 11) is 0. The van der Waals surface area contributed by atoms with Crippen molar-refractivity contribution in [2.75, 3.05) is 26.2 Å². The third-order valence-electron chi connectivity index (χ3n) is 1.56. The summed E-state index contributed by atoms with van der Waals surface area (Å²) in [5, 5.41) is 4.79. The van der Waals surface area contributed by atoms with Crippen molar-refractivity contribution in [1.29, 1.82) is 0 Å². The standard InChI is InChI=1S/C8H20N2/c1-3-5-9-7-8-10-6-4-2/h9-10H,3-8H2,1-2H3/p+2. The molecule has 0 saturated heterocycles. The Kier molecular flexibility index (Phi) is 8.85. The van der Waals surface area contributed by atoms with Gasteiger partial charge in [0, 0.05) is 0 Å². The van der Waals surface area contributed by atoms with Gasteiger partial charge in [-0.25, -0.2) is 0 Å². The van der Waals surface area contributed by atoms with Gasteiger partial charge in [0.15, 0.2) is 0 Å². The smallest absolute Gasteiger partial charge is 0.125 e. The zero-order valence-corrected chi connectivity index (χ0v) is 7.40. The molecule has 0 unspecified atom stereocenters. The molecule has 4 N–H and O–H groups in total. The second-order valence-electron chi connectivity index (χ2n) is 2.73. The quantitative estimate of drug-likeness (QED) is 0.429. The van der Waals surface area contributed by atoms with Crippen LogP contribution in [0.2, 0.25) is 0 Å². The van der Waals surface area contributed by atoms with Crippen LogP contribution in [-0.4, -0.2) is 26.2 Å². The van der Waals surface area contributed by atoms with Crippen LogP contribution in [0.25, 0.3) is 0 Å². The summed E-state index contributed by atoms with van der Waals surface area (Å²) in [6, 6.07) is 0. The molecule has 0 aromatic heterocycles. The van der Waals surface area contributed by atoms with E-state index in [1.807, 2.05) is 0 Å². The highest BCUT2D eigenvalue weighted by Gasteiger charge is 1.89. The Morgan fingerprint density at radius 3 is 1.40 bits per heavy atom. The fraction of sp³-hybridized carbons (Fsp3) is 1.00. The normalized spacial score (nSPS) is 10.2. The predicted molar refractivity (Wildman–Crippen MR) is 43.9 cm³/mol. The van der Waals surface area contributed by atoms with Crippen molar-refractivity contribution in [1.82, 2.24) is 0 Å². The maximum atomic E-state index is 2.40. The molecule has 2 heteroatoms. The molecule has 0 aliphatic rings. The van der Waals surface area contributed by atoms with Gasteiger partial charge in [-0.2, -0.15) is 0 Å². The maximum Gasteiger partial charge on any atom is 0.125 e. The van der Waals surface area contributed by atoms with Crippen LogP contribution in [0.1, 0.15) is 26.7 Å². The van der Waals surface area contributed by atoms with Crippen LogP contribution in [0, 0.1) is 0 Å². The molecule has 0 amide bonds. The summed E-state index contributed by atoms with van der Waals surface area (Å²) in [5.41, 5.74) is 0. The highest BCUT2D eigenvalue weighted by Crippen LogP contribution is 1.59. The second-order valence-corrected chi connectivity index (χ2v) is 2.73. The zero-order chi connectivity index (χ0) is 7.66. The fourth-order valence-electron chi connectivity index (χ4n) is 0.933. The molecule has 0 fully saturated rings. The molecule has 2 nitrogen and oxygen atoms in total. The van der Waals surface area contributed by atoms with Gasteiger partial charge in [0.05, 0.1) is 13.1 Å². The lowest BCUT2D eigenvalue weighted by Gasteiger charge is -1.98. The molecule has 0 aliphatic heterocycles. The van der Waals surface area contributed by atoms with Gasteiger partial charge in [-0.3, -0.25) is 0 Å². The number of hydrogen-bond donors (Lipinski definition) is 2. The predicted octanol–water partition coefficient (Wildman–Crippen LogP) is -1.07. The van der Waals surface area contributed by atoms with E-state index in [0.29, 0.717) is 0 Å². The van der Waals surface area contributed by atoms with E-state index < -0.39 is 0 Å². The minimum Gasteiger partial charge on any atom is -0.342 e. The van der Waals surface area contributed by atoms with Crippen LogP contribution in [0.5, 0.6) is 0 Å². The van der Waals surface area contributed by atoms with Crippen molar-refractivity contribution in [2.24, 2.45) is 0 Å². The van der Waals surface area contributed by atoms with Gasteiger partial charge >= 0.3 is 0 Å². The Balaban J connectivity index is 2.65. The molecule has 0 atom stereocenters. The molecule has 0 radical (unpaired) electrons. The minimum absolute atomic E-state index is 1.29. The van der Waals surface area contributed by atoms with Gasteiger partial charge in [0.2, 0.25) is 0 Å². The van der Waals surface area contributed by atoms with Crippen LogP contribution >= 0.6 is 0 Å². The topological polar surface area (TPSA) is 33.2 Å². The van der Waals surface area contributed by atoms with Crippen molar-refractivity contribution in [3.63, 3.8) is 0 Å². The van der Waals surface area contributed by atoms with E-state index in [1.165, 1.54) is 39.0 Å². The molecular formula is C8H22N2+2. The maximum absolute atomic E-state index is 2.40. The lowest BCUT2D eigenvalue weighted by molar-refractivity contribution is -0.723. The highest BCUT2D eigenvalue weighted by atomic mass is 14.9. The molecule has 0 aromatic rings. The van der Waals surface area contributed by atoms with Crippen molar-refractivity contribution < 1.29 is 10.6 Å². The first-order valence-corrected chi connectivity index (χ1v) is 4.55. The monoisotopic (exact) mass is 146 g/mol. The van der Waals surface area contributed by atoms with Gasteiger partial charge in [0.1, 0.15) is 13.1 Å². The Bertz CT molecular complexity index is 47.2. The molecule has 0 heterocycles. The SMILES string of the molecule is CCC[NH2+]CC[NH2+]CCC. The van der Waals surface area contributed by atoms with E-state index in [0.717, 1.165) is 0 Å². The highest BCUT2D eigenvalue weighted by molar-refractivity contribution is 4.20. The average Bonchev–Trinajstić information content (AvgIpc) is 1.97. The minimum atomic E-state index is 1.29. The summed E-state index contributed by atoms with van der Waals surface area (Å²) in [5.74, 6) is 0. The summed E-state index contributed by atoms with van der Waals surface area (Å²) >= 11 is 0. The summed E-state index contributed by atoms with van der Waals surface area (Å²) in [4.78, 5) is 0. The first-order valence-electron chi connectivity index (χ1n) is 4.55. The summed E-state index contributed by atoms with van der Waals surface area (Å²) < 4.78 is 0. The molecular weight excluding hydrogens is 124 g/mol. The van der Waals surface area contributed by atoms with Crippen LogP contribution in [0.3, 0.4) is 0 Å². The molecule has 0 saturated carbocycles. The van der Waals surface area contributed by atoms with E-state index in [1.54, 1.807) is 0 Å². The van der Waals surface area contributed by atoms with Crippen molar-refractivity contribution in [3.8, 4) is 0 Å². The lowest BCUT2D eigenvalue weighted by atomic mass is 10.4. The van der Waals surface area contributed by atoms with E-state index in [9.17, 15) is 0 Å². The third-order valence-corrected chi connectivity index (χ3v) is 1.56. The van der Waals surface area contributed by atoms with Crippen LogP contribution in [0.4, 0.5) is 0 Å². The second kappa shape index (κ2) is 8.92. The number of rotatable bonds is 7. The van der Waals surface area contributed by atoms with Crippen molar-refractivity contribution >= 4 is 0 Å². The Hall–Kier alpha value is -0.0800. The molecule has 0 rings (SSSR count). The van der Waals surface area contributed by atoms with Gasteiger partial charge in [-0.15, -0.1) is 0 Å². The fourth-order valence-corrected chi connectivity index (χ4v) is 0.933. The van der Waals surface area contributed by atoms with Gasteiger partial charge in [-0.05, 0) is 12.8 Å². The van der Waals surface area contributed by atoms with Crippen LogP contribution < -0.4 is 10.6 Å². The number of nitrogens with two attached hydrogens (primary N) is 2. The van der Waals surface area contributed by atoms with Crippen molar-refractivity contribution in [2.45, 2.75) is 26.7 Å². The van der Waals surface area contributed by atoms with E-state index in [2.05, 4.69) is 24.5 Å². The van der Waals surface area contributed by atoms with E-state index in [4.69, 9.17) is 0 Å². The molecule has 0 aliphatic carbocycles. The van der Waals surface area contributed by atoms with Gasteiger partial charge in [0.25, 0.3) is 0 Å². The Morgan fingerprint density at radius 1 is 0.700 bits per heavy atom. The molecule has 10 heavy (non-hydrogen) atoms. The first kappa shape index (κ1) is 9.92. The summed E-state index contributed by atoms with van der Waals surface area (Å²) in [6.45, 7) is 9.61. The molecule has 0 aromatic carbocycles. The van der Waals surface area contributed by atoms with E-state index in [-0.39, 0.29) is 0 Å².